The highest BCUT2D eigenvalue weighted by atomic mass is 35.5. The van der Waals surface area contributed by atoms with E-state index >= 15 is 0 Å². The van der Waals surface area contributed by atoms with Gasteiger partial charge in [0.1, 0.15) is 0 Å². The molecule has 3 rings (SSSR count). The van der Waals surface area contributed by atoms with Crippen molar-refractivity contribution in [3.05, 3.63) is 70.7 Å². The SMILES string of the molecule is O=C1CCNCCN1[C@H](COCc1cccc(Cl)c1)Cc1ccccc1. The molecule has 1 amide bonds. The quantitative estimate of drug-likeness (QED) is 0.810. The van der Waals surface area contributed by atoms with Crippen molar-refractivity contribution >= 4 is 17.5 Å². The Labute approximate surface area is 160 Å². The van der Waals surface area contributed by atoms with Crippen LogP contribution in [0.5, 0.6) is 0 Å². The molecule has 0 aliphatic carbocycles. The van der Waals surface area contributed by atoms with Crippen molar-refractivity contribution in [2.45, 2.75) is 25.5 Å². The van der Waals surface area contributed by atoms with Gasteiger partial charge < -0.3 is 15.0 Å². The number of hydrogen-bond donors (Lipinski definition) is 1. The average Bonchev–Trinajstić information content (AvgIpc) is 2.86. The topological polar surface area (TPSA) is 41.6 Å². The molecule has 1 atom stereocenters. The molecule has 0 bridgehead atoms. The number of carbonyl (C=O) groups excluding carboxylic acids is 1. The molecule has 1 aliphatic rings. The highest BCUT2D eigenvalue weighted by molar-refractivity contribution is 6.30. The Bertz CT molecular complexity index is 708. The third-order valence-electron chi connectivity index (χ3n) is 4.59. The minimum absolute atomic E-state index is 0.0315. The highest BCUT2D eigenvalue weighted by Gasteiger charge is 2.25. The van der Waals surface area contributed by atoms with Crippen LogP contribution in [0.25, 0.3) is 0 Å². The van der Waals surface area contributed by atoms with Gasteiger partial charge >= 0.3 is 0 Å². The lowest BCUT2D eigenvalue weighted by Gasteiger charge is -2.31. The van der Waals surface area contributed by atoms with Crippen LogP contribution in [0.1, 0.15) is 17.5 Å². The molecule has 0 unspecified atom stereocenters. The first-order valence-electron chi connectivity index (χ1n) is 9.08. The standard InChI is InChI=1S/C21H25ClN2O2/c22-19-8-4-7-18(13-19)15-26-16-20(14-17-5-2-1-3-6-17)24-12-11-23-10-9-21(24)25/h1-8,13,20,23H,9-12,14-16H2/t20-/m0/s1. The molecule has 5 heteroatoms. The first-order valence-corrected chi connectivity index (χ1v) is 9.46. The molecule has 1 fully saturated rings. The average molecular weight is 373 g/mol. The van der Waals surface area contributed by atoms with Gasteiger partial charge in [-0.2, -0.15) is 0 Å². The fourth-order valence-corrected chi connectivity index (χ4v) is 3.47. The van der Waals surface area contributed by atoms with Crippen molar-refractivity contribution in [3.63, 3.8) is 0 Å². The molecular formula is C21H25ClN2O2. The van der Waals surface area contributed by atoms with E-state index < -0.39 is 0 Å². The van der Waals surface area contributed by atoms with Gasteiger partial charge in [0.05, 0.1) is 19.3 Å². The first-order chi connectivity index (χ1) is 12.7. The van der Waals surface area contributed by atoms with Gasteiger partial charge in [0.2, 0.25) is 5.91 Å². The maximum atomic E-state index is 12.5. The Balaban J connectivity index is 1.66. The number of hydrogen-bond acceptors (Lipinski definition) is 3. The zero-order valence-electron chi connectivity index (χ0n) is 14.9. The number of carbonyl (C=O) groups is 1. The second-order valence-corrected chi connectivity index (χ2v) is 7.01. The van der Waals surface area contributed by atoms with Gasteiger partial charge in [0, 0.05) is 31.1 Å². The fourth-order valence-electron chi connectivity index (χ4n) is 3.26. The molecule has 0 spiro atoms. The lowest BCUT2D eigenvalue weighted by molar-refractivity contribution is -0.134. The largest absolute Gasteiger partial charge is 0.375 e. The minimum atomic E-state index is 0.0315. The van der Waals surface area contributed by atoms with Gasteiger partial charge in [-0.3, -0.25) is 4.79 Å². The van der Waals surface area contributed by atoms with Gasteiger partial charge in [-0.05, 0) is 29.7 Å². The molecule has 2 aromatic carbocycles. The predicted octanol–water partition coefficient (Wildman–Crippen LogP) is 3.29. The molecule has 1 N–H and O–H groups in total. The van der Waals surface area contributed by atoms with Gasteiger partial charge in [0.15, 0.2) is 0 Å². The van der Waals surface area contributed by atoms with E-state index in [0.29, 0.717) is 24.7 Å². The van der Waals surface area contributed by atoms with Gasteiger partial charge in [-0.25, -0.2) is 0 Å². The van der Waals surface area contributed by atoms with Crippen LogP contribution >= 0.6 is 11.6 Å². The molecule has 0 aromatic heterocycles. The van der Waals surface area contributed by atoms with Crippen LogP contribution in [0.3, 0.4) is 0 Å². The van der Waals surface area contributed by atoms with E-state index in [4.69, 9.17) is 16.3 Å². The third kappa shape index (κ3) is 5.56. The molecule has 0 saturated carbocycles. The van der Waals surface area contributed by atoms with E-state index in [1.165, 1.54) is 5.56 Å². The summed E-state index contributed by atoms with van der Waals surface area (Å²) in [6.07, 6.45) is 1.34. The van der Waals surface area contributed by atoms with Crippen molar-refractivity contribution in [1.29, 1.82) is 0 Å². The third-order valence-corrected chi connectivity index (χ3v) is 4.82. The Hall–Kier alpha value is -1.88. The second-order valence-electron chi connectivity index (χ2n) is 6.58. The number of ether oxygens (including phenoxy) is 1. The van der Waals surface area contributed by atoms with Crippen LogP contribution in [0.2, 0.25) is 5.02 Å². The molecule has 1 heterocycles. The minimum Gasteiger partial charge on any atom is -0.375 e. The van der Waals surface area contributed by atoms with Crippen LogP contribution in [0, 0.1) is 0 Å². The maximum absolute atomic E-state index is 12.5. The number of benzene rings is 2. The molecule has 0 radical (unpaired) electrons. The maximum Gasteiger partial charge on any atom is 0.224 e. The van der Waals surface area contributed by atoms with Gasteiger partial charge in [0.25, 0.3) is 0 Å². The predicted molar refractivity (Wildman–Crippen MR) is 104 cm³/mol. The van der Waals surface area contributed by atoms with E-state index in [0.717, 1.165) is 31.6 Å². The molecule has 1 saturated heterocycles. The molecular weight excluding hydrogens is 348 g/mol. The Kier molecular flexibility index (Phi) is 7.06. The lowest BCUT2D eigenvalue weighted by Crippen LogP contribution is -2.45. The summed E-state index contributed by atoms with van der Waals surface area (Å²) in [6.45, 7) is 3.29. The summed E-state index contributed by atoms with van der Waals surface area (Å²) in [7, 11) is 0. The van der Waals surface area contributed by atoms with Crippen LogP contribution in [0.4, 0.5) is 0 Å². The van der Waals surface area contributed by atoms with Gasteiger partial charge in [-0.1, -0.05) is 54.1 Å². The van der Waals surface area contributed by atoms with Crippen LogP contribution in [-0.4, -0.2) is 43.1 Å². The van der Waals surface area contributed by atoms with E-state index in [1.807, 2.05) is 47.4 Å². The molecule has 138 valence electrons. The number of nitrogens with zero attached hydrogens (tertiary/aromatic N) is 1. The van der Waals surface area contributed by atoms with Crippen molar-refractivity contribution in [1.82, 2.24) is 10.2 Å². The Morgan fingerprint density at radius 3 is 2.69 bits per heavy atom. The van der Waals surface area contributed by atoms with Crippen molar-refractivity contribution in [2.24, 2.45) is 0 Å². The van der Waals surface area contributed by atoms with Crippen LogP contribution in [0.15, 0.2) is 54.6 Å². The summed E-state index contributed by atoms with van der Waals surface area (Å²) in [6, 6.07) is 18.0. The van der Waals surface area contributed by atoms with E-state index in [2.05, 4.69) is 17.4 Å². The van der Waals surface area contributed by atoms with E-state index in [9.17, 15) is 4.79 Å². The number of halogens is 1. The van der Waals surface area contributed by atoms with Gasteiger partial charge in [-0.15, -0.1) is 0 Å². The smallest absolute Gasteiger partial charge is 0.224 e. The second kappa shape index (κ2) is 9.72. The summed E-state index contributed by atoms with van der Waals surface area (Å²) in [5, 5.41) is 4.01. The fraction of sp³-hybridized carbons (Fsp3) is 0.381. The van der Waals surface area contributed by atoms with E-state index in [-0.39, 0.29) is 11.9 Å². The first kappa shape index (κ1) is 18.9. The molecule has 4 nitrogen and oxygen atoms in total. The molecule has 26 heavy (non-hydrogen) atoms. The number of nitrogens with one attached hydrogen (secondary N) is 1. The van der Waals surface area contributed by atoms with E-state index in [1.54, 1.807) is 0 Å². The van der Waals surface area contributed by atoms with Crippen LogP contribution < -0.4 is 5.32 Å². The Morgan fingerprint density at radius 1 is 1.08 bits per heavy atom. The summed E-state index contributed by atoms with van der Waals surface area (Å²) in [5.74, 6) is 0.197. The summed E-state index contributed by atoms with van der Waals surface area (Å²) in [4.78, 5) is 14.5. The summed E-state index contributed by atoms with van der Waals surface area (Å²) >= 11 is 6.04. The number of rotatable bonds is 7. The zero-order valence-corrected chi connectivity index (χ0v) is 15.6. The normalized spacial score (nSPS) is 16.3. The van der Waals surface area contributed by atoms with Crippen molar-refractivity contribution in [3.8, 4) is 0 Å². The molecule has 1 aliphatic heterocycles. The number of amides is 1. The van der Waals surface area contributed by atoms with Crippen molar-refractivity contribution < 1.29 is 9.53 Å². The lowest BCUT2D eigenvalue weighted by atomic mass is 10.0. The Morgan fingerprint density at radius 2 is 1.88 bits per heavy atom. The highest BCUT2D eigenvalue weighted by Crippen LogP contribution is 2.15. The molecule has 2 aromatic rings. The monoisotopic (exact) mass is 372 g/mol. The van der Waals surface area contributed by atoms with Crippen LogP contribution in [-0.2, 0) is 22.6 Å². The van der Waals surface area contributed by atoms with Crippen molar-refractivity contribution in [2.75, 3.05) is 26.2 Å². The zero-order chi connectivity index (χ0) is 18.2. The summed E-state index contributed by atoms with van der Waals surface area (Å²) < 4.78 is 5.98. The summed E-state index contributed by atoms with van der Waals surface area (Å²) in [5.41, 5.74) is 2.26.